The highest BCUT2D eigenvalue weighted by atomic mass is 16.3. The molecule has 2 aromatic rings. The van der Waals surface area contributed by atoms with Crippen molar-refractivity contribution in [2.45, 2.75) is 51.3 Å². The van der Waals surface area contributed by atoms with Gasteiger partial charge in [-0.25, -0.2) is 0 Å². The molecule has 2 N–H and O–H groups in total. The molecule has 0 bridgehead atoms. The van der Waals surface area contributed by atoms with E-state index in [0.29, 0.717) is 0 Å². The van der Waals surface area contributed by atoms with Crippen molar-refractivity contribution in [3.63, 3.8) is 0 Å². The zero-order valence-electron chi connectivity index (χ0n) is 14.9. The van der Waals surface area contributed by atoms with Gasteiger partial charge in [-0.15, -0.1) is 0 Å². The summed E-state index contributed by atoms with van der Waals surface area (Å²) in [6.45, 7) is 6.41. The average Bonchev–Trinajstić information content (AvgIpc) is 2.61. The topological polar surface area (TPSA) is 32.3 Å². The Morgan fingerprint density at radius 2 is 1.42 bits per heavy atom. The molecule has 0 spiro atoms. The minimum Gasteiger partial charge on any atom is -0.389 e. The van der Waals surface area contributed by atoms with Gasteiger partial charge >= 0.3 is 0 Å². The van der Waals surface area contributed by atoms with E-state index in [-0.39, 0.29) is 23.9 Å². The molecule has 2 aromatic carbocycles. The Labute approximate surface area is 145 Å². The van der Waals surface area contributed by atoms with E-state index in [2.05, 4.69) is 73.8 Å². The van der Waals surface area contributed by atoms with Crippen LogP contribution >= 0.6 is 0 Å². The van der Waals surface area contributed by atoms with Crippen molar-refractivity contribution in [2.75, 3.05) is 0 Å². The summed E-state index contributed by atoms with van der Waals surface area (Å²) in [6, 6.07) is 21.4. The molecule has 24 heavy (non-hydrogen) atoms. The van der Waals surface area contributed by atoms with Crippen LogP contribution in [0.3, 0.4) is 0 Å². The molecular formula is C22H29NO. The molecule has 2 nitrogen and oxygen atoms in total. The molecule has 0 amide bonds. The third kappa shape index (κ3) is 3.13. The van der Waals surface area contributed by atoms with Crippen molar-refractivity contribution >= 4 is 0 Å². The summed E-state index contributed by atoms with van der Waals surface area (Å²) >= 11 is 0. The summed E-state index contributed by atoms with van der Waals surface area (Å²) in [4.78, 5) is 0. The van der Waals surface area contributed by atoms with Crippen molar-refractivity contribution in [3.05, 3.63) is 71.8 Å². The van der Waals surface area contributed by atoms with Crippen molar-refractivity contribution < 1.29 is 5.11 Å². The van der Waals surface area contributed by atoms with Crippen molar-refractivity contribution in [2.24, 2.45) is 11.8 Å². The van der Waals surface area contributed by atoms with Crippen LogP contribution in [0.25, 0.3) is 0 Å². The molecule has 1 aliphatic rings. The predicted octanol–water partition coefficient (Wildman–Crippen LogP) is 4.88. The van der Waals surface area contributed by atoms with E-state index in [1.54, 1.807) is 0 Å². The second kappa shape index (κ2) is 7.08. The fourth-order valence-corrected chi connectivity index (χ4v) is 4.27. The molecule has 1 aliphatic heterocycles. The zero-order chi connectivity index (χ0) is 17.2. The van der Waals surface area contributed by atoms with Gasteiger partial charge < -0.3 is 10.4 Å². The SMILES string of the molecule is CCC[C@@H]1[C@H](c2ccccc2)N[C@H](c2ccccc2)[C@@H](C)[C@]1(C)O. The Kier molecular flexibility index (Phi) is 5.07. The second-order valence-corrected chi connectivity index (χ2v) is 7.35. The van der Waals surface area contributed by atoms with Gasteiger partial charge in [-0.3, -0.25) is 0 Å². The van der Waals surface area contributed by atoms with Gasteiger partial charge in [0.1, 0.15) is 0 Å². The van der Waals surface area contributed by atoms with Crippen LogP contribution in [0.1, 0.15) is 56.8 Å². The van der Waals surface area contributed by atoms with Gasteiger partial charge in [0.15, 0.2) is 0 Å². The van der Waals surface area contributed by atoms with Crippen LogP contribution in [0.4, 0.5) is 0 Å². The fourth-order valence-electron chi connectivity index (χ4n) is 4.27. The van der Waals surface area contributed by atoms with Crippen molar-refractivity contribution in [1.29, 1.82) is 0 Å². The lowest BCUT2D eigenvalue weighted by Gasteiger charge is -2.52. The smallest absolute Gasteiger partial charge is 0.0709 e. The number of hydrogen-bond donors (Lipinski definition) is 2. The van der Waals surface area contributed by atoms with Gasteiger partial charge in [0.05, 0.1) is 5.60 Å². The summed E-state index contributed by atoms with van der Waals surface area (Å²) in [6.07, 6.45) is 2.10. The minimum absolute atomic E-state index is 0.149. The number of nitrogens with one attached hydrogen (secondary N) is 1. The van der Waals surface area contributed by atoms with Gasteiger partial charge in [0.25, 0.3) is 0 Å². The lowest BCUT2D eigenvalue weighted by atomic mass is 9.65. The lowest BCUT2D eigenvalue weighted by Crippen LogP contribution is -2.56. The fraction of sp³-hybridized carbons (Fsp3) is 0.455. The Balaban J connectivity index is 2.01. The van der Waals surface area contributed by atoms with Crippen molar-refractivity contribution in [1.82, 2.24) is 5.32 Å². The lowest BCUT2D eigenvalue weighted by molar-refractivity contribution is -0.105. The highest BCUT2D eigenvalue weighted by Crippen LogP contribution is 2.48. The van der Waals surface area contributed by atoms with E-state index < -0.39 is 5.60 Å². The highest BCUT2D eigenvalue weighted by Gasteiger charge is 2.49. The molecule has 3 rings (SSSR count). The Bertz CT molecular complexity index is 638. The Morgan fingerprint density at radius 1 is 0.917 bits per heavy atom. The maximum absolute atomic E-state index is 11.5. The third-order valence-electron chi connectivity index (χ3n) is 5.85. The van der Waals surface area contributed by atoms with Gasteiger partial charge in [-0.2, -0.15) is 0 Å². The number of rotatable bonds is 4. The molecule has 1 heterocycles. The summed E-state index contributed by atoms with van der Waals surface area (Å²) < 4.78 is 0. The van der Waals surface area contributed by atoms with Crippen LogP contribution in [0, 0.1) is 11.8 Å². The average molecular weight is 323 g/mol. The maximum atomic E-state index is 11.5. The molecular weight excluding hydrogens is 294 g/mol. The molecule has 0 unspecified atom stereocenters. The van der Waals surface area contributed by atoms with Gasteiger partial charge in [-0.05, 0) is 24.5 Å². The van der Waals surface area contributed by atoms with E-state index in [9.17, 15) is 5.11 Å². The second-order valence-electron chi connectivity index (χ2n) is 7.35. The number of aliphatic hydroxyl groups is 1. The summed E-state index contributed by atoms with van der Waals surface area (Å²) in [5.41, 5.74) is 1.81. The molecule has 128 valence electrons. The Hall–Kier alpha value is -1.64. The van der Waals surface area contributed by atoms with Crippen molar-refractivity contribution in [3.8, 4) is 0 Å². The van der Waals surface area contributed by atoms with E-state index in [0.717, 1.165) is 12.8 Å². The third-order valence-corrected chi connectivity index (χ3v) is 5.85. The van der Waals surface area contributed by atoms with E-state index in [1.165, 1.54) is 11.1 Å². The first-order valence-corrected chi connectivity index (χ1v) is 9.14. The predicted molar refractivity (Wildman–Crippen MR) is 99.7 cm³/mol. The number of piperidine rings is 1. The van der Waals surface area contributed by atoms with E-state index >= 15 is 0 Å². The molecule has 0 aromatic heterocycles. The molecule has 2 heteroatoms. The zero-order valence-corrected chi connectivity index (χ0v) is 14.9. The minimum atomic E-state index is -0.706. The number of benzene rings is 2. The summed E-state index contributed by atoms with van der Waals surface area (Å²) in [5, 5.41) is 15.3. The van der Waals surface area contributed by atoms with Crippen LogP contribution in [0.2, 0.25) is 0 Å². The van der Waals surface area contributed by atoms with E-state index in [1.807, 2.05) is 13.0 Å². The first-order valence-electron chi connectivity index (χ1n) is 9.14. The molecule has 0 aliphatic carbocycles. The first-order chi connectivity index (χ1) is 11.6. The van der Waals surface area contributed by atoms with Crippen LogP contribution in [-0.2, 0) is 0 Å². The molecule has 1 fully saturated rings. The quantitative estimate of drug-likeness (QED) is 0.841. The monoisotopic (exact) mass is 323 g/mol. The highest BCUT2D eigenvalue weighted by molar-refractivity contribution is 5.27. The molecule has 0 radical (unpaired) electrons. The summed E-state index contributed by atoms with van der Waals surface area (Å²) in [7, 11) is 0. The first kappa shape index (κ1) is 17.2. The number of hydrogen-bond acceptors (Lipinski definition) is 2. The van der Waals surface area contributed by atoms with Crippen LogP contribution < -0.4 is 5.32 Å². The van der Waals surface area contributed by atoms with Crippen LogP contribution in [0.5, 0.6) is 0 Å². The Morgan fingerprint density at radius 3 is 1.92 bits per heavy atom. The van der Waals surface area contributed by atoms with Gasteiger partial charge in [0, 0.05) is 23.9 Å². The molecule has 1 saturated heterocycles. The standard InChI is InChI=1S/C22H29NO/c1-4-11-19-21(18-14-9-6-10-15-18)23-20(16(2)22(19,3)24)17-12-7-5-8-13-17/h5-10,12-16,19-21,23-24H,4,11H2,1-3H3/t16-,19-,20+,21+,22+/m1/s1. The summed E-state index contributed by atoms with van der Waals surface area (Å²) in [5.74, 6) is 0.358. The molecule has 5 atom stereocenters. The van der Waals surface area contributed by atoms with Gasteiger partial charge in [-0.1, -0.05) is 80.9 Å². The maximum Gasteiger partial charge on any atom is 0.0709 e. The normalized spacial score (nSPS) is 33.3. The van der Waals surface area contributed by atoms with Gasteiger partial charge in [0.2, 0.25) is 0 Å². The molecule has 0 saturated carbocycles. The van der Waals surface area contributed by atoms with Crippen LogP contribution in [0.15, 0.2) is 60.7 Å². The van der Waals surface area contributed by atoms with E-state index in [4.69, 9.17) is 0 Å². The van der Waals surface area contributed by atoms with Crippen LogP contribution in [-0.4, -0.2) is 10.7 Å². The largest absolute Gasteiger partial charge is 0.389 e.